The zero-order valence-electron chi connectivity index (χ0n) is 18.1. The van der Waals surface area contributed by atoms with Crippen molar-refractivity contribution in [2.75, 3.05) is 23.7 Å². The Morgan fingerprint density at radius 1 is 1.06 bits per heavy atom. The third kappa shape index (κ3) is 5.80. The second kappa shape index (κ2) is 11.2. The molecule has 0 unspecified atom stereocenters. The van der Waals surface area contributed by atoms with Crippen molar-refractivity contribution >= 4 is 35.0 Å². The number of benzene rings is 2. The molecule has 1 aromatic heterocycles. The summed E-state index contributed by atoms with van der Waals surface area (Å²) in [6.07, 6.45) is 0. The fourth-order valence-corrected chi connectivity index (χ4v) is 4.36. The first kappa shape index (κ1) is 23.2. The molecule has 0 atom stereocenters. The molecule has 0 bridgehead atoms. The van der Waals surface area contributed by atoms with Crippen molar-refractivity contribution in [2.24, 2.45) is 0 Å². The molecule has 1 N–H and O–H groups in total. The van der Waals surface area contributed by atoms with Gasteiger partial charge in [0.05, 0.1) is 5.75 Å². The minimum atomic E-state index is -0.0688. The van der Waals surface area contributed by atoms with Gasteiger partial charge in [0.15, 0.2) is 11.0 Å². The lowest BCUT2D eigenvalue weighted by molar-refractivity contribution is -0.118. The zero-order valence-corrected chi connectivity index (χ0v) is 19.7. The first-order valence-electron chi connectivity index (χ1n) is 10.5. The van der Waals surface area contributed by atoms with Crippen LogP contribution >= 0.6 is 23.4 Å². The SMILES string of the molecule is CCN(CC)c1ccc(-c2nnc(SCC(=O)NCc3ccccc3Cl)n2CC)cc1. The van der Waals surface area contributed by atoms with E-state index in [9.17, 15) is 4.79 Å². The molecule has 0 fully saturated rings. The first-order valence-corrected chi connectivity index (χ1v) is 11.8. The molecule has 1 amide bonds. The third-order valence-corrected chi connectivity index (χ3v) is 6.39. The number of carbonyl (C=O) groups is 1. The van der Waals surface area contributed by atoms with Gasteiger partial charge in [-0.05, 0) is 56.7 Å². The summed E-state index contributed by atoms with van der Waals surface area (Å²) in [5, 5.41) is 13.0. The van der Waals surface area contributed by atoms with Gasteiger partial charge < -0.3 is 14.8 Å². The van der Waals surface area contributed by atoms with Gasteiger partial charge in [-0.15, -0.1) is 10.2 Å². The van der Waals surface area contributed by atoms with Gasteiger partial charge in [0, 0.05) is 42.5 Å². The van der Waals surface area contributed by atoms with Gasteiger partial charge >= 0.3 is 0 Å². The van der Waals surface area contributed by atoms with E-state index in [1.807, 2.05) is 28.8 Å². The van der Waals surface area contributed by atoms with Crippen molar-refractivity contribution in [3.8, 4) is 11.4 Å². The molecule has 0 aliphatic carbocycles. The number of hydrogen-bond acceptors (Lipinski definition) is 5. The molecular weight excluding hydrogens is 430 g/mol. The Labute approximate surface area is 193 Å². The summed E-state index contributed by atoms with van der Waals surface area (Å²) >= 11 is 7.53. The van der Waals surface area contributed by atoms with Crippen LogP contribution in [0.15, 0.2) is 53.7 Å². The lowest BCUT2D eigenvalue weighted by atomic mass is 10.2. The van der Waals surface area contributed by atoms with Crippen molar-refractivity contribution in [2.45, 2.75) is 39.0 Å². The van der Waals surface area contributed by atoms with Crippen LogP contribution in [0.25, 0.3) is 11.4 Å². The third-order valence-electron chi connectivity index (χ3n) is 5.05. The van der Waals surface area contributed by atoms with Crippen molar-refractivity contribution < 1.29 is 4.79 Å². The summed E-state index contributed by atoms with van der Waals surface area (Å²) in [6.45, 7) is 9.44. The summed E-state index contributed by atoms with van der Waals surface area (Å²) in [4.78, 5) is 14.6. The molecule has 31 heavy (non-hydrogen) atoms. The molecule has 3 rings (SSSR count). The van der Waals surface area contributed by atoms with E-state index in [-0.39, 0.29) is 11.7 Å². The monoisotopic (exact) mass is 457 g/mol. The van der Waals surface area contributed by atoms with E-state index in [0.29, 0.717) is 11.6 Å². The fraction of sp³-hybridized carbons (Fsp3) is 0.348. The zero-order chi connectivity index (χ0) is 22.2. The van der Waals surface area contributed by atoms with Gasteiger partial charge in [-0.2, -0.15) is 0 Å². The molecule has 0 saturated carbocycles. The Hall–Kier alpha value is -2.51. The van der Waals surface area contributed by atoms with Crippen LogP contribution in [0, 0.1) is 0 Å². The van der Waals surface area contributed by atoms with E-state index in [1.54, 1.807) is 0 Å². The van der Waals surface area contributed by atoms with Crippen LogP contribution in [0.4, 0.5) is 5.69 Å². The van der Waals surface area contributed by atoms with Gasteiger partial charge in [-0.1, -0.05) is 41.6 Å². The van der Waals surface area contributed by atoms with Crippen molar-refractivity contribution in [1.82, 2.24) is 20.1 Å². The molecule has 3 aromatic rings. The van der Waals surface area contributed by atoms with Crippen LogP contribution in [0.1, 0.15) is 26.3 Å². The molecule has 164 valence electrons. The van der Waals surface area contributed by atoms with Gasteiger partial charge in [0.2, 0.25) is 5.91 Å². The number of amides is 1. The maximum atomic E-state index is 12.3. The average Bonchev–Trinajstić information content (AvgIpc) is 3.21. The number of thioether (sulfide) groups is 1. The molecule has 2 aromatic carbocycles. The summed E-state index contributed by atoms with van der Waals surface area (Å²) in [7, 11) is 0. The Morgan fingerprint density at radius 3 is 2.42 bits per heavy atom. The average molecular weight is 458 g/mol. The van der Waals surface area contributed by atoms with Gasteiger partial charge in [0.1, 0.15) is 0 Å². The van der Waals surface area contributed by atoms with Crippen LogP contribution in [0.5, 0.6) is 0 Å². The Kier molecular flexibility index (Phi) is 8.37. The van der Waals surface area contributed by atoms with Crippen LogP contribution in [-0.4, -0.2) is 39.5 Å². The van der Waals surface area contributed by atoms with E-state index < -0.39 is 0 Å². The normalized spacial score (nSPS) is 10.8. The minimum absolute atomic E-state index is 0.0688. The largest absolute Gasteiger partial charge is 0.372 e. The second-order valence-electron chi connectivity index (χ2n) is 6.93. The summed E-state index contributed by atoms with van der Waals surface area (Å²) in [5.41, 5.74) is 3.11. The highest BCUT2D eigenvalue weighted by atomic mass is 35.5. The van der Waals surface area contributed by atoms with E-state index in [1.165, 1.54) is 17.4 Å². The van der Waals surface area contributed by atoms with E-state index >= 15 is 0 Å². The molecule has 0 aliphatic heterocycles. The predicted octanol–water partition coefficient (Wildman–Crippen LogP) is 4.87. The van der Waals surface area contributed by atoms with Crippen LogP contribution < -0.4 is 10.2 Å². The summed E-state index contributed by atoms with van der Waals surface area (Å²) in [6, 6.07) is 15.9. The van der Waals surface area contributed by atoms with E-state index in [4.69, 9.17) is 11.6 Å². The number of carbonyl (C=O) groups excluding carboxylic acids is 1. The highest BCUT2D eigenvalue weighted by Gasteiger charge is 2.15. The van der Waals surface area contributed by atoms with Crippen molar-refractivity contribution in [3.63, 3.8) is 0 Å². The quantitative estimate of drug-likeness (QED) is 0.440. The molecule has 0 aliphatic rings. The molecule has 0 spiro atoms. The number of nitrogens with one attached hydrogen (secondary N) is 1. The Bertz CT molecular complexity index is 1000. The number of rotatable bonds is 10. The maximum absolute atomic E-state index is 12.3. The Balaban J connectivity index is 1.63. The van der Waals surface area contributed by atoms with Crippen LogP contribution in [0.3, 0.4) is 0 Å². The Morgan fingerprint density at radius 2 is 1.77 bits per heavy atom. The highest BCUT2D eigenvalue weighted by Crippen LogP contribution is 2.26. The number of hydrogen-bond donors (Lipinski definition) is 1. The highest BCUT2D eigenvalue weighted by molar-refractivity contribution is 7.99. The fourth-order valence-electron chi connectivity index (χ4n) is 3.32. The lowest BCUT2D eigenvalue weighted by Crippen LogP contribution is -2.24. The van der Waals surface area contributed by atoms with Gasteiger partial charge in [-0.3, -0.25) is 4.79 Å². The minimum Gasteiger partial charge on any atom is -0.372 e. The standard InChI is InChI=1S/C23H28ClN5OS/c1-4-28(5-2)19-13-11-17(12-14-19)22-26-27-23(29(22)6-3)31-16-21(30)25-15-18-9-7-8-10-20(18)24/h7-14H,4-6,15-16H2,1-3H3,(H,25,30). The number of aromatic nitrogens is 3. The molecule has 0 saturated heterocycles. The molecular formula is C23H28ClN5OS. The topological polar surface area (TPSA) is 63.1 Å². The molecule has 8 heteroatoms. The van der Waals surface area contributed by atoms with Gasteiger partial charge in [-0.25, -0.2) is 0 Å². The van der Waals surface area contributed by atoms with Crippen LogP contribution in [0.2, 0.25) is 5.02 Å². The second-order valence-corrected chi connectivity index (χ2v) is 8.28. The number of halogens is 1. The van der Waals surface area contributed by atoms with Crippen LogP contribution in [-0.2, 0) is 17.9 Å². The lowest BCUT2D eigenvalue weighted by Gasteiger charge is -2.21. The van der Waals surface area contributed by atoms with Crippen molar-refractivity contribution in [3.05, 3.63) is 59.1 Å². The summed E-state index contributed by atoms with van der Waals surface area (Å²) < 4.78 is 2.04. The molecule has 6 nitrogen and oxygen atoms in total. The number of anilines is 1. The van der Waals surface area contributed by atoms with Gasteiger partial charge in [0.25, 0.3) is 0 Å². The molecule has 0 radical (unpaired) electrons. The first-order chi connectivity index (χ1) is 15.1. The molecule has 1 heterocycles. The van der Waals surface area contributed by atoms with Crippen molar-refractivity contribution in [1.29, 1.82) is 0 Å². The number of nitrogens with zero attached hydrogens (tertiary/aromatic N) is 4. The van der Waals surface area contributed by atoms with E-state index in [2.05, 4.69) is 65.5 Å². The summed E-state index contributed by atoms with van der Waals surface area (Å²) in [5.74, 6) is 1.01. The predicted molar refractivity (Wildman–Crippen MR) is 129 cm³/mol. The smallest absolute Gasteiger partial charge is 0.230 e. The maximum Gasteiger partial charge on any atom is 0.230 e. The van der Waals surface area contributed by atoms with E-state index in [0.717, 1.165) is 41.7 Å².